The number of hydrogen-bond donors (Lipinski definition) is 1. The van der Waals surface area contributed by atoms with Crippen LogP contribution in [0.4, 0.5) is 5.69 Å². The van der Waals surface area contributed by atoms with Crippen LogP contribution in [0, 0.1) is 6.92 Å². The number of nitrogens with one attached hydrogen (secondary N) is 1. The van der Waals surface area contributed by atoms with Crippen molar-refractivity contribution in [3.8, 4) is 22.8 Å². The fourth-order valence-corrected chi connectivity index (χ4v) is 5.06. The number of aromatic amines is 1. The molecule has 0 saturated carbocycles. The van der Waals surface area contributed by atoms with Crippen molar-refractivity contribution in [2.45, 2.75) is 6.92 Å². The number of amides is 1. The van der Waals surface area contributed by atoms with E-state index in [-0.39, 0.29) is 5.56 Å². The van der Waals surface area contributed by atoms with Crippen molar-refractivity contribution in [3.05, 3.63) is 66.6 Å². The topological polar surface area (TPSA) is 127 Å². The summed E-state index contributed by atoms with van der Waals surface area (Å²) < 4.78 is 8.87. The van der Waals surface area contributed by atoms with Gasteiger partial charge in [0.1, 0.15) is 17.9 Å². The third-order valence-electron chi connectivity index (χ3n) is 7.01. The smallest absolute Gasteiger partial charge is 0.295 e. The normalized spacial score (nSPS) is 13.7. The molecule has 1 saturated heterocycles. The maximum atomic E-state index is 13.5. The first-order valence-corrected chi connectivity index (χ1v) is 12.5. The first kappa shape index (κ1) is 24.3. The lowest BCUT2D eigenvalue weighted by Crippen LogP contribution is -2.50. The third-order valence-corrected chi connectivity index (χ3v) is 7.01. The summed E-state index contributed by atoms with van der Waals surface area (Å²) in [6, 6.07) is 10.1. The van der Waals surface area contributed by atoms with E-state index in [4.69, 9.17) is 4.74 Å². The Labute approximate surface area is 223 Å². The molecule has 12 nitrogen and oxygen atoms in total. The fraction of sp³-hybridized carbons (Fsp3) is 0.259. The summed E-state index contributed by atoms with van der Waals surface area (Å²) in [7, 11) is 3.42. The summed E-state index contributed by atoms with van der Waals surface area (Å²) in [6.07, 6.45) is 6.44. The Kier molecular flexibility index (Phi) is 6.06. The maximum Gasteiger partial charge on any atom is 0.295 e. The van der Waals surface area contributed by atoms with Gasteiger partial charge in [-0.2, -0.15) is 10.2 Å². The molecule has 1 aromatic carbocycles. The number of carbonyl (C=O) groups is 2. The van der Waals surface area contributed by atoms with Crippen molar-refractivity contribution in [1.82, 2.24) is 39.4 Å². The lowest BCUT2D eigenvalue weighted by molar-refractivity contribution is -0.126. The van der Waals surface area contributed by atoms with Crippen molar-refractivity contribution in [3.63, 3.8) is 0 Å². The average Bonchev–Trinajstić information content (AvgIpc) is 3.71. The molecule has 5 aromatic rings. The summed E-state index contributed by atoms with van der Waals surface area (Å²) in [5.41, 5.74) is 3.86. The number of rotatable bonds is 6. The van der Waals surface area contributed by atoms with Crippen LogP contribution in [0.25, 0.3) is 28.0 Å². The van der Waals surface area contributed by atoms with Crippen LogP contribution in [0.1, 0.15) is 16.2 Å². The molecule has 6 rings (SSSR count). The molecule has 1 N–H and O–H groups in total. The standard InChI is InChI=1S/C27H27N9O3/c1-17-30-16-36(32-17)26-23-22(21(39-3)15-29-26)19(13-28-23)25(37)27(38)35-11-9-34(10-12-35)20-14-31-33(2)24(20)18-7-5-4-6-8-18/h4-8,13-16,28H,9-12H2,1-3H3. The molecule has 1 fully saturated rings. The number of benzene rings is 1. The Bertz CT molecular complexity index is 1680. The lowest BCUT2D eigenvalue weighted by atomic mass is 10.1. The SMILES string of the molecule is COc1cnc(-n2cnc(C)n2)c2[nH]cc(C(=O)C(=O)N3CCN(c4cnn(C)c4-c4ccccc4)CC3)c12. The summed E-state index contributed by atoms with van der Waals surface area (Å²) >= 11 is 0. The number of pyridine rings is 1. The van der Waals surface area contributed by atoms with Gasteiger partial charge < -0.3 is 19.5 Å². The van der Waals surface area contributed by atoms with Crippen LogP contribution in [0.15, 0.2) is 55.2 Å². The van der Waals surface area contributed by atoms with Crippen molar-refractivity contribution >= 4 is 28.3 Å². The van der Waals surface area contributed by atoms with E-state index < -0.39 is 11.7 Å². The Balaban J connectivity index is 1.23. The number of aromatic nitrogens is 7. The van der Waals surface area contributed by atoms with Gasteiger partial charge in [0.05, 0.1) is 47.4 Å². The second kappa shape index (κ2) is 9.71. The highest BCUT2D eigenvalue weighted by molar-refractivity contribution is 6.45. The third kappa shape index (κ3) is 4.19. The molecule has 0 spiro atoms. The van der Waals surface area contributed by atoms with E-state index in [1.807, 2.05) is 36.1 Å². The van der Waals surface area contributed by atoms with E-state index in [0.717, 1.165) is 16.9 Å². The molecule has 1 aliphatic heterocycles. The van der Waals surface area contributed by atoms with E-state index in [2.05, 4.69) is 42.2 Å². The van der Waals surface area contributed by atoms with Gasteiger partial charge in [-0.05, 0) is 6.92 Å². The fourth-order valence-electron chi connectivity index (χ4n) is 5.06. The molecule has 4 aromatic heterocycles. The van der Waals surface area contributed by atoms with Crippen LogP contribution in [-0.2, 0) is 11.8 Å². The van der Waals surface area contributed by atoms with E-state index in [1.54, 1.807) is 18.2 Å². The van der Waals surface area contributed by atoms with Gasteiger partial charge in [0.15, 0.2) is 5.82 Å². The second-order valence-electron chi connectivity index (χ2n) is 9.32. The van der Waals surface area contributed by atoms with Crippen LogP contribution in [0.3, 0.4) is 0 Å². The van der Waals surface area contributed by atoms with Crippen LogP contribution >= 0.6 is 0 Å². The molecule has 39 heavy (non-hydrogen) atoms. The predicted octanol–water partition coefficient (Wildman–Crippen LogP) is 2.39. The number of piperazine rings is 1. The van der Waals surface area contributed by atoms with Crippen molar-refractivity contribution < 1.29 is 14.3 Å². The van der Waals surface area contributed by atoms with Crippen molar-refractivity contribution in [1.29, 1.82) is 0 Å². The first-order valence-electron chi connectivity index (χ1n) is 12.5. The number of ketones is 1. The van der Waals surface area contributed by atoms with Gasteiger partial charge in [-0.25, -0.2) is 14.6 Å². The number of carbonyl (C=O) groups excluding carboxylic acids is 2. The molecule has 1 aliphatic rings. The number of hydrogen-bond acceptors (Lipinski definition) is 8. The zero-order valence-corrected chi connectivity index (χ0v) is 21.8. The Morgan fingerprint density at radius 2 is 1.79 bits per heavy atom. The highest BCUT2D eigenvalue weighted by Crippen LogP contribution is 2.33. The molecule has 1 amide bonds. The van der Waals surface area contributed by atoms with Crippen molar-refractivity contribution in [2.75, 3.05) is 38.2 Å². The molecule has 0 aliphatic carbocycles. The summed E-state index contributed by atoms with van der Waals surface area (Å²) in [5, 5.41) is 9.27. The maximum absolute atomic E-state index is 13.5. The van der Waals surface area contributed by atoms with Gasteiger partial charge >= 0.3 is 0 Å². The highest BCUT2D eigenvalue weighted by Gasteiger charge is 2.31. The number of aryl methyl sites for hydroxylation is 2. The number of H-pyrrole nitrogens is 1. The summed E-state index contributed by atoms with van der Waals surface area (Å²) in [6.45, 7) is 3.77. The predicted molar refractivity (Wildman–Crippen MR) is 144 cm³/mol. The minimum Gasteiger partial charge on any atom is -0.494 e. The van der Waals surface area contributed by atoms with E-state index >= 15 is 0 Å². The zero-order chi connectivity index (χ0) is 27.1. The van der Waals surface area contributed by atoms with Gasteiger partial charge in [0, 0.05) is 45.0 Å². The molecule has 0 radical (unpaired) electrons. The minimum absolute atomic E-state index is 0.230. The highest BCUT2D eigenvalue weighted by atomic mass is 16.5. The molecule has 12 heteroatoms. The van der Waals surface area contributed by atoms with Gasteiger partial charge in [0.25, 0.3) is 11.7 Å². The number of nitrogens with zero attached hydrogens (tertiary/aromatic N) is 8. The quantitative estimate of drug-likeness (QED) is 0.265. The molecular formula is C27H27N9O3. The molecule has 0 bridgehead atoms. The summed E-state index contributed by atoms with van der Waals surface area (Å²) in [5.74, 6) is 0.267. The lowest BCUT2D eigenvalue weighted by Gasteiger charge is -2.35. The number of methoxy groups -OCH3 is 1. The van der Waals surface area contributed by atoms with E-state index in [0.29, 0.717) is 54.5 Å². The monoisotopic (exact) mass is 525 g/mol. The van der Waals surface area contributed by atoms with E-state index in [9.17, 15) is 9.59 Å². The first-order chi connectivity index (χ1) is 19.0. The van der Waals surface area contributed by atoms with Gasteiger partial charge in [-0.1, -0.05) is 30.3 Å². The van der Waals surface area contributed by atoms with Crippen LogP contribution in [0.2, 0.25) is 0 Å². The van der Waals surface area contributed by atoms with Crippen LogP contribution in [0.5, 0.6) is 5.75 Å². The summed E-state index contributed by atoms with van der Waals surface area (Å²) in [4.78, 5) is 42.3. The number of anilines is 1. The number of Topliss-reactive ketones (excluding diaryl/α,β-unsaturated/α-hetero) is 1. The Morgan fingerprint density at radius 1 is 1.03 bits per heavy atom. The molecule has 0 unspecified atom stereocenters. The van der Waals surface area contributed by atoms with Gasteiger partial charge in [-0.15, -0.1) is 0 Å². The Hall–Kier alpha value is -5.00. The Morgan fingerprint density at radius 3 is 2.49 bits per heavy atom. The van der Waals surface area contributed by atoms with Crippen LogP contribution < -0.4 is 9.64 Å². The number of fused-ring (bicyclic) bond motifs is 1. The molecule has 0 atom stereocenters. The zero-order valence-electron chi connectivity index (χ0n) is 21.8. The van der Waals surface area contributed by atoms with Crippen molar-refractivity contribution in [2.24, 2.45) is 7.05 Å². The minimum atomic E-state index is -0.605. The number of ether oxygens (including phenoxy) is 1. The molecular weight excluding hydrogens is 498 g/mol. The second-order valence-corrected chi connectivity index (χ2v) is 9.32. The van der Waals surface area contributed by atoms with Gasteiger partial charge in [0.2, 0.25) is 0 Å². The largest absolute Gasteiger partial charge is 0.494 e. The average molecular weight is 526 g/mol. The van der Waals surface area contributed by atoms with Crippen LogP contribution in [-0.4, -0.2) is 84.4 Å². The molecule has 5 heterocycles. The molecule has 198 valence electrons. The van der Waals surface area contributed by atoms with E-state index in [1.165, 1.54) is 24.2 Å². The van der Waals surface area contributed by atoms with Gasteiger partial charge in [-0.3, -0.25) is 14.3 Å².